The van der Waals surface area contributed by atoms with Crippen LogP contribution in [-0.4, -0.2) is 28.8 Å². The number of carbonyl (C=O) groups excluding carboxylic acids is 1. The van der Waals surface area contributed by atoms with Gasteiger partial charge in [0.15, 0.2) is 5.78 Å². The van der Waals surface area contributed by atoms with Gasteiger partial charge in [0.2, 0.25) is 0 Å². The fraction of sp³-hybridized carbons (Fsp3) is 0.250. The van der Waals surface area contributed by atoms with Gasteiger partial charge < -0.3 is 4.98 Å². The molecule has 0 amide bonds. The lowest BCUT2D eigenvalue weighted by Gasteiger charge is -2.19. The van der Waals surface area contributed by atoms with Gasteiger partial charge in [-0.25, -0.2) is 0 Å². The van der Waals surface area contributed by atoms with Crippen molar-refractivity contribution >= 4 is 16.7 Å². The molecule has 1 aliphatic rings. The van der Waals surface area contributed by atoms with Crippen LogP contribution in [0, 0.1) is 0 Å². The number of rotatable bonds is 8. The van der Waals surface area contributed by atoms with Crippen molar-refractivity contribution in [2.45, 2.75) is 32.0 Å². The lowest BCUT2D eigenvalue weighted by Crippen LogP contribution is -2.28. The first kappa shape index (κ1) is 20.7. The second kappa shape index (κ2) is 9.51. The maximum absolute atomic E-state index is 13.6. The van der Waals surface area contributed by atoms with E-state index in [0.29, 0.717) is 6.54 Å². The minimum absolute atomic E-state index is 0.0827. The van der Waals surface area contributed by atoms with Crippen LogP contribution in [0.4, 0.5) is 0 Å². The van der Waals surface area contributed by atoms with Gasteiger partial charge >= 0.3 is 0 Å². The SMILES string of the molecule is O=C(c1c[nH]c2ccccc12)C(NCc1ccc(CN2CCCC2)cc1)c1ccccc1. The summed E-state index contributed by atoms with van der Waals surface area (Å²) in [6, 6.07) is 26.3. The van der Waals surface area contributed by atoms with E-state index >= 15 is 0 Å². The number of likely N-dealkylation sites (tertiary alicyclic amines) is 1. The van der Waals surface area contributed by atoms with Crippen LogP contribution in [0.1, 0.15) is 45.9 Å². The van der Waals surface area contributed by atoms with Crippen molar-refractivity contribution in [1.29, 1.82) is 0 Å². The molecule has 162 valence electrons. The Morgan fingerprint density at radius 3 is 2.34 bits per heavy atom. The Morgan fingerprint density at radius 2 is 1.56 bits per heavy atom. The van der Waals surface area contributed by atoms with E-state index < -0.39 is 6.04 Å². The minimum Gasteiger partial charge on any atom is -0.360 e. The van der Waals surface area contributed by atoms with Gasteiger partial charge in [0, 0.05) is 35.8 Å². The third-order valence-electron chi connectivity index (χ3n) is 6.39. The molecule has 1 atom stereocenters. The van der Waals surface area contributed by atoms with Crippen LogP contribution in [0.5, 0.6) is 0 Å². The number of Topliss-reactive ketones (excluding diaryl/α,β-unsaturated/α-hetero) is 1. The number of aromatic nitrogens is 1. The molecule has 4 nitrogen and oxygen atoms in total. The van der Waals surface area contributed by atoms with Crippen LogP contribution in [0.2, 0.25) is 0 Å². The van der Waals surface area contributed by atoms with Gasteiger partial charge in [-0.15, -0.1) is 0 Å². The number of para-hydroxylation sites is 1. The molecule has 1 saturated heterocycles. The number of aromatic amines is 1. The molecule has 4 aromatic rings. The molecule has 1 fully saturated rings. The van der Waals surface area contributed by atoms with E-state index in [9.17, 15) is 4.79 Å². The van der Waals surface area contributed by atoms with E-state index in [1.165, 1.54) is 37.1 Å². The van der Waals surface area contributed by atoms with E-state index in [4.69, 9.17) is 0 Å². The molecule has 1 aromatic heterocycles. The molecule has 0 aliphatic carbocycles. The van der Waals surface area contributed by atoms with E-state index in [2.05, 4.69) is 39.5 Å². The molecule has 3 aromatic carbocycles. The van der Waals surface area contributed by atoms with Gasteiger partial charge in [-0.3, -0.25) is 15.0 Å². The Kier molecular flexibility index (Phi) is 6.15. The first-order valence-corrected chi connectivity index (χ1v) is 11.5. The van der Waals surface area contributed by atoms with Crippen LogP contribution in [0.25, 0.3) is 10.9 Å². The summed E-state index contributed by atoms with van der Waals surface area (Å²) in [6.07, 6.45) is 4.46. The standard InChI is InChI=1S/C28H29N3O/c32-28(25-19-29-26-11-5-4-10-24(25)26)27(23-8-2-1-3-9-23)30-18-21-12-14-22(15-13-21)20-31-16-6-7-17-31/h1-5,8-15,19,27,29-30H,6-7,16-18,20H2. The molecule has 2 heterocycles. The highest BCUT2D eigenvalue weighted by Crippen LogP contribution is 2.25. The largest absolute Gasteiger partial charge is 0.360 e. The average Bonchev–Trinajstić information content (AvgIpc) is 3.51. The van der Waals surface area contributed by atoms with Crippen molar-refractivity contribution in [2.24, 2.45) is 0 Å². The maximum atomic E-state index is 13.6. The molecule has 2 N–H and O–H groups in total. The summed E-state index contributed by atoms with van der Waals surface area (Å²) in [5.74, 6) is 0.0827. The molecule has 5 rings (SSSR count). The van der Waals surface area contributed by atoms with Crippen molar-refractivity contribution in [2.75, 3.05) is 13.1 Å². The summed E-state index contributed by atoms with van der Waals surface area (Å²) in [5, 5.41) is 4.49. The summed E-state index contributed by atoms with van der Waals surface area (Å²) in [7, 11) is 0. The molecular weight excluding hydrogens is 394 g/mol. The van der Waals surface area contributed by atoms with Crippen molar-refractivity contribution < 1.29 is 4.79 Å². The fourth-order valence-corrected chi connectivity index (χ4v) is 4.62. The first-order chi connectivity index (χ1) is 15.8. The molecule has 1 aliphatic heterocycles. The van der Waals surface area contributed by atoms with Crippen LogP contribution in [0.15, 0.2) is 85.1 Å². The van der Waals surface area contributed by atoms with Crippen LogP contribution in [-0.2, 0) is 13.1 Å². The van der Waals surface area contributed by atoms with Gasteiger partial charge in [0.05, 0.1) is 6.04 Å². The molecule has 4 heteroatoms. The molecule has 0 spiro atoms. The van der Waals surface area contributed by atoms with Crippen molar-refractivity contribution in [1.82, 2.24) is 15.2 Å². The Labute approximate surface area is 189 Å². The summed E-state index contributed by atoms with van der Waals surface area (Å²) in [6.45, 7) is 4.08. The Bertz CT molecular complexity index is 1170. The van der Waals surface area contributed by atoms with Gasteiger partial charge in [-0.2, -0.15) is 0 Å². The molecule has 1 unspecified atom stereocenters. The number of fused-ring (bicyclic) bond motifs is 1. The zero-order valence-corrected chi connectivity index (χ0v) is 18.3. The third-order valence-corrected chi connectivity index (χ3v) is 6.39. The van der Waals surface area contributed by atoms with Crippen LogP contribution >= 0.6 is 0 Å². The summed E-state index contributed by atoms with van der Waals surface area (Å²) < 4.78 is 0. The highest BCUT2D eigenvalue weighted by molar-refractivity contribution is 6.10. The zero-order valence-electron chi connectivity index (χ0n) is 18.3. The van der Waals surface area contributed by atoms with Gasteiger partial charge in [0.25, 0.3) is 0 Å². The lowest BCUT2D eigenvalue weighted by molar-refractivity contribution is 0.0943. The van der Waals surface area contributed by atoms with Crippen LogP contribution in [0.3, 0.4) is 0 Å². The Morgan fingerprint density at radius 1 is 0.875 bits per heavy atom. The van der Waals surface area contributed by atoms with E-state index in [1.54, 1.807) is 0 Å². The monoisotopic (exact) mass is 423 g/mol. The normalized spacial score (nSPS) is 15.2. The topological polar surface area (TPSA) is 48.1 Å². The smallest absolute Gasteiger partial charge is 0.186 e. The van der Waals surface area contributed by atoms with Crippen LogP contribution < -0.4 is 5.32 Å². The van der Waals surface area contributed by atoms with Crippen molar-refractivity contribution in [3.05, 3.63) is 107 Å². The molecule has 0 radical (unpaired) electrons. The van der Waals surface area contributed by atoms with Gasteiger partial charge in [-0.05, 0) is 48.7 Å². The summed E-state index contributed by atoms with van der Waals surface area (Å²) >= 11 is 0. The number of nitrogens with one attached hydrogen (secondary N) is 2. The first-order valence-electron chi connectivity index (χ1n) is 11.5. The fourth-order valence-electron chi connectivity index (χ4n) is 4.62. The average molecular weight is 424 g/mol. The molecular formula is C28H29N3O. The number of hydrogen-bond acceptors (Lipinski definition) is 3. The minimum atomic E-state index is -0.403. The highest BCUT2D eigenvalue weighted by atomic mass is 16.1. The molecule has 0 bridgehead atoms. The number of carbonyl (C=O) groups is 1. The second-order valence-electron chi connectivity index (χ2n) is 8.64. The van der Waals surface area contributed by atoms with Crippen molar-refractivity contribution in [3.8, 4) is 0 Å². The zero-order chi connectivity index (χ0) is 21.8. The summed E-state index contributed by atoms with van der Waals surface area (Å²) in [4.78, 5) is 19.3. The van der Waals surface area contributed by atoms with E-state index in [-0.39, 0.29) is 5.78 Å². The van der Waals surface area contributed by atoms with Gasteiger partial charge in [-0.1, -0.05) is 72.8 Å². The van der Waals surface area contributed by atoms with E-state index in [1.807, 2.05) is 60.8 Å². The summed E-state index contributed by atoms with van der Waals surface area (Å²) in [5.41, 5.74) is 5.22. The number of ketones is 1. The highest BCUT2D eigenvalue weighted by Gasteiger charge is 2.24. The quantitative estimate of drug-likeness (QED) is 0.369. The number of hydrogen-bond donors (Lipinski definition) is 2. The predicted octanol–water partition coefficient (Wildman–Crippen LogP) is 5.48. The second-order valence-corrected chi connectivity index (χ2v) is 8.64. The third kappa shape index (κ3) is 4.52. The lowest BCUT2D eigenvalue weighted by atomic mass is 9.96. The Balaban J connectivity index is 1.33. The van der Waals surface area contributed by atoms with E-state index in [0.717, 1.165) is 28.6 Å². The number of nitrogens with zero attached hydrogens (tertiary/aromatic N) is 1. The van der Waals surface area contributed by atoms with Gasteiger partial charge in [0.1, 0.15) is 0 Å². The van der Waals surface area contributed by atoms with Crippen molar-refractivity contribution in [3.63, 3.8) is 0 Å². The Hall–Kier alpha value is -3.21. The number of benzene rings is 3. The molecule has 32 heavy (non-hydrogen) atoms. The predicted molar refractivity (Wildman–Crippen MR) is 130 cm³/mol. The number of H-pyrrole nitrogens is 1. The molecule has 0 saturated carbocycles. The maximum Gasteiger partial charge on any atom is 0.186 e.